The molecule has 5 nitrogen and oxygen atoms in total. The molecule has 1 atom stereocenters. The molecule has 0 saturated carbocycles. The molecule has 110 valence electrons. The van der Waals surface area contributed by atoms with Gasteiger partial charge in [-0.05, 0) is 30.5 Å². The summed E-state index contributed by atoms with van der Waals surface area (Å²) < 4.78 is 0. The van der Waals surface area contributed by atoms with E-state index in [4.69, 9.17) is 0 Å². The van der Waals surface area contributed by atoms with E-state index in [1.807, 2.05) is 18.2 Å². The van der Waals surface area contributed by atoms with Crippen molar-refractivity contribution in [1.82, 2.24) is 20.6 Å². The lowest BCUT2D eigenvalue weighted by Crippen LogP contribution is -2.27. The second kappa shape index (κ2) is 6.54. The summed E-state index contributed by atoms with van der Waals surface area (Å²) in [6.45, 7) is 2.59. The Balaban J connectivity index is 1.63. The van der Waals surface area contributed by atoms with Crippen molar-refractivity contribution in [1.29, 1.82) is 0 Å². The Kier molecular flexibility index (Phi) is 4.31. The smallest absolute Gasteiger partial charge is 0.251 e. The summed E-state index contributed by atoms with van der Waals surface area (Å²) in [6, 6.07) is 7.92. The highest BCUT2D eigenvalue weighted by atomic mass is 16.1. The maximum Gasteiger partial charge on any atom is 0.251 e. The first-order chi connectivity index (χ1) is 10.3. The van der Waals surface area contributed by atoms with Gasteiger partial charge in [0, 0.05) is 37.0 Å². The quantitative estimate of drug-likeness (QED) is 0.778. The van der Waals surface area contributed by atoms with Crippen molar-refractivity contribution in [3.05, 3.63) is 53.6 Å². The van der Waals surface area contributed by atoms with E-state index in [0.29, 0.717) is 12.5 Å². The van der Waals surface area contributed by atoms with Gasteiger partial charge in [-0.25, -0.2) is 4.98 Å². The maximum absolute atomic E-state index is 12.4. The highest BCUT2D eigenvalue weighted by Crippen LogP contribution is 2.25. The van der Waals surface area contributed by atoms with Gasteiger partial charge in [-0.15, -0.1) is 0 Å². The number of carbonyl (C=O) groups is 1. The topological polar surface area (TPSA) is 69.8 Å². The molecule has 1 aromatic carbocycles. The van der Waals surface area contributed by atoms with Crippen molar-refractivity contribution >= 4 is 5.91 Å². The Hall–Kier alpha value is -2.14. The standard InChI is InChI=1S/C16H20N4O/c21-16(19-8-6-13-10-18-11-20-13)15-4-2-1-3-14(15)12-5-7-17-9-12/h1-4,10-12,17H,5-9H2,(H,18,20)(H,19,21)/t12-/m1/s1. The van der Waals surface area contributed by atoms with Crippen molar-refractivity contribution in [2.45, 2.75) is 18.8 Å². The molecule has 1 fully saturated rings. The summed E-state index contributed by atoms with van der Waals surface area (Å²) >= 11 is 0. The van der Waals surface area contributed by atoms with E-state index in [-0.39, 0.29) is 5.91 Å². The third-order valence-electron chi connectivity index (χ3n) is 3.94. The molecule has 0 aliphatic carbocycles. The van der Waals surface area contributed by atoms with Crippen molar-refractivity contribution in [3.8, 4) is 0 Å². The van der Waals surface area contributed by atoms with Crippen LogP contribution in [0.5, 0.6) is 0 Å². The number of nitrogens with zero attached hydrogens (tertiary/aromatic N) is 1. The first-order valence-corrected chi connectivity index (χ1v) is 7.39. The first-order valence-electron chi connectivity index (χ1n) is 7.39. The number of aromatic amines is 1. The molecular weight excluding hydrogens is 264 g/mol. The number of H-pyrrole nitrogens is 1. The Bertz CT molecular complexity index is 588. The van der Waals surface area contributed by atoms with Crippen LogP contribution in [0.4, 0.5) is 0 Å². The molecule has 0 unspecified atom stereocenters. The van der Waals surface area contributed by atoms with E-state index in [0.717, 1.165) is 42.8 Å². The Morgan fingerprint density at radius 3 is 3.05 bits per heavy atom. The van der Waals surface area contributed by atoms with E-state index < -0.39 is 0 Å². The van der Waals surface area contributed by atoms with Crippen LogP contribution in [0.15, 0.2) is 36.8 Å². The number of imidazole rings is 1. The second-order valence-corrected chi connectivity index (χ2v) is 5.36. The minimum Gasteiger partial charge on any atom is -0.352 e. The average Bonchev–Trinajstić information content (AvgIpc) is 3.20. The number of nitrogens with one attached hydrogen (secondary N) is 3. The van der Waals surface area contributed by atoms with E-state index in [9.17, 15) is 4.79 Å². The molecule has 1 amide bonds. The summed E-state index contributed by atoms with van der Waals surface area (Å²) in [4.78, 5) is 19.4. The van der Waals surface area contributed by atoms with Crippen LogP contribution < -0.4 is 10.6 Å². The molecule has 0 radical (unpaired) electrons. The molecule has 1 aliphatic heterocycles. The normalized spacial score (nSPS) is 17.8. The number of rotatable bonds is 5. The molecule has 3 rings (SSSR count). The zero-order chi connectivity index (χ0) is 14.5. The van der Waals surface area contributed by atoms with Gasteiger partial charge in [-0.2, -0.15) is 0 Å². The largest absolute Gasteiger partial charge is 0.352 e. The number of amides is 1. The van der Waals surface area contributed by atoms with Crippen LogP contribution in [-0.2, 0) is 6.42 Å². The third-order valence-corrected chi connectivity index (χ3v) is 3.94. The van der Waals surface area contributed by atoms with Gasteiger partial charge in [0.25, 0.3) is 5.91 Å². The minimum absolute atomic E-state index is 0.0111. The summed E-state index contributed by atoms with van der Waals surface area (Å²) in [5.74, 6) is 0.455. The molecule has 5 heteroatoms. The van der Waals surface area contributed by atoms with Crippen LogP contribution in [0.3, 0.4) is 0 Å². The van der Waals surface area contributed by atoms with Crippen LogP contribution in [0.2, 0.25) is 0 Å². The van der Waals surface area contributed by atoms with Crippen LogP contribution in [0, 0.1) is 0 Å². The molecule has 1 aliphatic rings. The lowest BCUT2D eigenvalue weighted by molar-refractivity contribution is 0.0952. The molecular formula is C16H20N4O. The number of aromatic nitrogens is 2. The van der Waals surface area contributed by atoms with Gasteiger partial charge in [-0.3, -0.25) is 4.79 Å². The molecule has 1 aromatic heterocycles. The van der Waals surface area contributed by atoms with Crippen LogP contribution in [0.1, 0.15) is 34.0 Å². The van der Waals surface area contributed by atoms with Crippen molar-refractivity contribution in [2.75, 3.05) is 19.6 Å². The van der Waals surface area contributed by atoms with Gasteiger partial charge < -0.3 is 15.6 Å². The maximum atomic E-state index is 12.4. The number of carbonyl (C=O) groups excluding carboxylic acids is 1. The van der Waals surface area contributed by atoms with E-state index in [1.54, 1.807) is 12.5 Å². The lowest BCUT2D eigenvalue weighted by atomic mass is 9.93. The van der Waals surface area contributed by atoms with E-state index in [2.05, 4.69) is 26.7 Å². The second-order valence-electron chi connectivity index (χ2n) is 5.36. The zero-order valence-electron chi connectivity index (χ0n) is 11.9. The highest BCUT2D eigenvalue weighted by Gasteiger charge is 2.21. The van der Waals surface area contributed by atoms with Crippen LogP contribution in [-0.4, -0.2) is 35.5 Å². The fourth-order valence-electron chi connectivity index (χ4n) is 2.81. The van der Waals surface area contributed by atoms with Gasteiger partial charge in [0.1, 0.15) is 0 Å². The molecule has 3 N–H and O–H groups in total. The van der Waals surface area contributed by atoms with E-state index >= 15 is 0 Å². The number of hydrogen-bond acceptors (Lipinski definition) is 3. The Morgan fingerprint density at radius 2 is 2.29 bits per heavy atom. The van der Waals surface area contributed by atoms with Crippen molar-refractivity contribution in [2.24, 2.45) is 0 Å². The fourth-order valence-corrected chi connectivity index (χ4v) is 2.81. The summed E-state index contributed by atoms with van der Waals surface area (Å²) in [5, 5.41) is 6.35. The monoisotopic (exact) mass is 284 g/mol. The van der Waals surface area contributed by atoms with Gasteiger partial charge in [-0.1, -0.05) is 18.2 Å². The fraction of sp³-hybridized carbons (Fsp3) is 0.375. The number of hydrogen-bond donors (Lipinski definition) is 3. The Labute approximate surface area is 124 Å². The minimum atomic E-state index is 0.0111. The molecule has 2 aromatic rings. The lowest BCUT2D eigenvalue weighted by Gasteiger charge is -2.14. The molecule has 2 heterocycles. The number of benzene rings is 1. The Morgan fingerprint density at radius 1 is 1.38 bits per heavy atom. The predicted octanol–water partition coefficient (Wildman–Crippen LogP) is 1.46. The molecule has 21 heavy (non-hydrogen) atoms. The summed E-state index contributed by atoms with van der Waals surface area (Å²) in [6.07, 6.45) is 5.29. The molecule has 0 spiro atoms. The SMILES string of the molecule is O=C(NCCc1cnc[nH]1)c1ccccc1[C@@H]1CCNC1. The van der Waals surface area contributed by atoms with Gasteiger partial charge in [0.05, 0.1) is 6.33 Å². The van der Waals surface area contributed by atoms with Gasteiger partial charge in [0.2, 0.25) is 0 Å². The van der Waals surface area contributed by atoms with Gasteiger partial charge >= 0.3 is 0 Å². The van der Waals surface area contributed by atoms with Crippen LogP contribution >= 0.6 is 0 Å². The zero-order valence-corrected chi connectivity index (χ0v) is 11.9. The van der Waals surface area contributed by atoms with Crippen molar-refractivity contribution in [3.63, 3.8) is 0 Å². The summed E-state index contributed by atoms with van der Waals surface area (Å²) in [5.41, 5.74) is 2.99. The van der Waals surface area contributed by atoms with Crippen molar-refractivity contribution < 1.29 is 4.79 Å². The third kappa shape index (κ3) is 3.31. The summed E-state index contributed by atoms with van der Waals surface area (Å²) in [7, 11) is 0. The molecule has 1 saturated heterocycles. The first kappa shape index (κ1) is 13.8. The average molecular weight is 284 g/mol. The predicted molar refractivity (Wildman–Crippen MR) is 81.3 cm³/mol. The van der Waals surface area contributed by atoms with E-state index in [1.165, 1.54) is 0 Å². The highest BCUT2D eigenvalue weighted by molar-refractivity contribution is 5.95. The molecule has 0 bridgehead atoms. The van der Waals surface area contributed by atoms with Gasteiger partial charge in [0.15, 0.2) is 0 Å². The van der Waals surface area contributed by atoms with Crippen LogP contribution in [0.25, 0.3) is 0 Å².